The predicted molar refractivity (Wildman–Crippen MR) is 92.3 cm³/mol. The van der Waals surface area contributed by atoms with Crippen LogP contribution in [0.4, 0.5) is 15.8 Å². The maximum absolute atomic E-state index is 13.0. The average molecular weight is 343 g/mol. The van der Waals surface area contributed by atoms with Gasteiger partial charge in [-0.3, -0.25) is 14.9 Å². The number of hydrogen-bond donors (Lipinski definition) is 0. The van der Waals surface area contributed by atoms with Gasteiger partial charge in [0.25, 0.3) is 11.6 Å². The van der Waals surface area contributed by atoms with Gasteiger partial charge < -0.3 is 9.80 Å². The van der Waals surface area contributed by atoms with Crippen LogP contribution in [0, 0.1) is 22.9 Å². The maximum Gasteiger partial charge on any atom is 0.272 e. The monoisotopic (exact) mass is 343 g/mol. The van der Waals surface area contributed by atoms with Gasteiger partial charge >= 0.3 is 0 Å². The molecule has 130 valence electrons. The van der Waals surface area contributed by atoms with Gasteiger partial charge in [0.15, 0.2) is 0 Å². The number of hydrogen-bond acceptors (Lipinski definition) is 4. The molecule has 7 heteroatoms. The second-order valence-corrected chi connectivity index (χ2v) is 6.01. The van der Waals surface area contributed by atoms with E-state index >= 15 is 0 Å². The van der Waals surface area contributed by atoms with E-state index in [-0.39, 0.29) is 17.4 Å². The van der Waals surface area contributed by atoms with Crippen molar-refractivity contribution in [1.82, 2.24) is 4.90 Å². The fourth-order valence-electron chi connectivity index (χ4n) is 3.00. The van der Waals surface area contributed by atoms with Crippen molar-refractivity contribution in [2.24, 2.45) is 0 Å². The van der Waals surface area contributed by atoms with Gasteiger partial charge in [-0.05, 0) is 43.3 Å². The minimum Gasteiger partial charge on any atom is -0.368 e. The van der Waals surface area contributed by atoms with Crippen molar-refractivity contribution in [2.45, 2.75) is 6.92 Å². The van der Waals surface area contributed by atoms with Crippen molar-refractivity contribution in [2.75, 3.05) is 31.1 Å². The molecular weight excluding hydrogens is 325 g/mol. The van der Waals surface area contributed by atoms with E-state index in [4.69, 9.17) is 0 Å². The van der Waals surface area contributed by atoms with Crippen molar-refractivity contribution in [3.63, 3.8) is 0 Å². The number of nitrogens with zero attached hydrogens (tertiary/aromatic N) is 3. The van der Waals surface area contributed by atoms with Crippen molar-refractivity contribution >= 4 is 17.3 Å². The van der Waals surface area contributed by atoms with Gasteiger partial charge in [0.05, 0.1) is 4.92 Å². The zero-order valence-corrected chi connectivity index (χ0v) is 13.8. The van der Waals surface area contributed by atoms with E-state index in [2.05, 4.69) is 4.90 Å². The Morgan fingerprint density at radius 3 is 2.28 bits per heavy atom. The number of aryl methyl sites for hydroxylation is 1. The smallest absolute Gasteiger partial charge is 0.272 e. The van der Waals surface area contributed by atoms with Crippen LogP contribution in [0.25, 0.3) is 0 Å². The number of benzene rings is 2. The number of carbonyl (C=O) groups excluding carboxylic acids is 1. The number of amides is 1. The molecule has 2 aromatic rings. The number of carbonyl (C=O) groups is 1. The van der Waals surface area contributed by atoms with Gasteiger partial charge in [-0.25, -0.2) is 4.39 Å². The van der Waals surface area contributed by atoms with E-state index in [9.17, 15) is 19.3 Å². The molecule has 0 spiro atoms. The highest BCUT2D eigenvalue weighted by molar-refractivity contribution is 5.95. The molecule has 6 nitrogen and oxygen atoms in total. The molecule has 25 heavy (non-hydrogen) atoms. The van der Waals surface area contributed by atoms with E-state index in [1.807, 2.05) is 0 Å². The van der Waals surface area contributed by atoms with Crippen LogP contribution >= 0.6 is 0 Å². The van der Waals surface area contributed by atoms with Crippen LogP contribution in [0.2, 0.25) is 0 Å². The number of anilines is 1. The summed E-state index contributed by atoms with van der Waals surface area (Å²) in [5.41, 5.74) is 1.87. The van der Waals surface area contributed by atoms with Crippen LogP contribution in [0.3, 0.4) is 0 Å². The summed E-state index contributed by atoms with van der Waals surface area (Å²) in [6.07, 6.45) is 0. The SMILES string of the molecule is Cc1cc(C(=O)N2CCN(c3ccc(F)cc3)CC2)ccc1[N+](=O)[O-]. The lowest BCUT2D eigenvalue weighted by atomic mass is 10.1. The molecular formula is C18H18FN3O3. The summed E-state index contributed by atoms with van der Waals surface area (Å²) >= 11 is 0. The molecule has 1 aliphatic rings. The zero-order chi connectivity index (χ0) is 18.0. The van der Waals surface area contributed by atoms with Gasteiger partial charge in [0.1, 0.15) is 5.82 Å². The van der Waals surface area contributed by atoms with Crippen LogP contribution < -0.4 is 4.90 Å². The highest BCUT2D eigenvalue weighted by Gasteiger charge is 2.23. The summed E-state index contributed by atoms with van der Waals surface area (Å²) < 4.78 is 13.0. The molecule has 0 unspecified atom stereocenters. The lowest BCUT2D eigenvalue weighted by molar-refractivity contribution is -0.385. The summed E-state index contributed by atoms with van der Waals surface area (Å²) in [4.78, 5) is 26.9. The Morgan fingerprint density at radius 2 is 1.72 bits per heavy atom. The molecule has 1 aliphatic heterocycles. The fourth-order valence-corrected chi connectivity index (χ4v) is 3.00. The van der Waals surface area contributed by atoms with Crippen molar-refractivity contribution < 1.29 is 14.1 Å². The quantitative estimate of drug-likeness (QED) is 0.635. The Bertz CT molecular complexity index is 800. The minimum atomic E-state index is -0.453. The third kappa shape index (κ3) is 3.60. The molecule has 1 saturated heterocycles. The first-order chi connectivity index (χ1) is 12.0. The van der Waals surface area contributed by atoms with E-state index in [1.54, 1.807) is 30.0 Å². The second kappa shape index (κ2) is 6.88. The number of halogens is 1. The van der Waals surface area contributed by atoms with E-state index in [1.165, 1.54) is 24.3 Å². The lowest BCUT2D eigenvalue weighted by Crippen LogP contribution is -2.48. The molecule has 0 aliphatic carbocycles. The normalized spacial score (nSPS) is 14.5. The van der Waals surface area contributed by atoms with Crippen LogP contribution in [-0.4, -0.2) is 41.9 Å². The molecule has 0 aromatic heterocycles. The van der Waals surface area contributed by atoms with Crippen LogP contribution in [0.1, 0.15) is 15.9 Å². The molecule has 0 saturated carbocycles. The van der Waals surface area contributed by atoms with Crippen molar-refractivity contribution in [3.8, 4) is 0 Å². The van der Waals surface area contributed by atoms with Crippen molar-refractivity contribution in [1.29, 1.82) is 0 Å². The van der Waals surface area contributed by atoms with E-state index in [0.29, 0.717) is 37.3 Å². The molecule has 0 atom stereocenters. The molecule has 1 fully saturated rings. The number of nitro benzene ring substituents is 1. The number of piperazine rings is 1. The minimum absolute atomic E-state index is 0.0117. The van der Waals surface area contributed by atoms with Gasteiger partial charge in [-0.15, -0.1) is 0 Å². The Hall–Kier alpha value is -2.96. The second-order valence-electron chi connectivity index (χ2n) is 6.01. The summed E-state index contributed by atoms with van der Waals surface area (Å²) in [5, 5.41) is 10.9. The van der Waals surface area contributed by atoms with E-state index < -0.39 is 4.92 Å². The summed E-state index contributed by atoms with van der Waals surface area (Å²) in [6, 6.07) is 10.7. The topological polar surface area (TPSA) is 66.7 Å². The molecule has 3 rings (SSSR count). The Labute approximate surface area is 144 Å². The molecule has 0 radical (unpaired) electrons. The Balaban J connectivity index is 1.66. The van der Waals surface area contributed by atoms with Crippen LogP contribution in [-0.2, 0) is 0 Å². The third-order valence-corrected chi connectivity index (χ3v) is 4.40. The highest BCUT2D eigenvalue weighted by Crippen LogP contribution is 2.21. The maximum atomic E-state index is 13.0. The van der Waals surface area contributed by atoms with E-state index in [0.717, 1.165) is 5.69 Å². The standard InChI is InChI=1S/C18H18FN3O3/c1-13-12-14(2-7-17(13)22(24)25)18(23)21-10-8-20(9-11-21)16-5-3-15(19)4-6-16/h2-7,12H,8-11H2,1H3. The van der Waals surface area contributed by atoms with Gasteiger partial charge in [-0.1, -0.05) is 0 Å². The molecule has 1 amide bonds. The third-order valence-electron chi connectivity index (χ3n) is 4.40. The summed E-state index contributed by atoms with van der Waals surface area (Å²) in [5.74, 6) is -0.400. The van der Waals surface area contributed by atoms with Gasteiger partial charge in [-0.2, -0.15) is 0 Å². The largest absolute Gasteiger partial charge is 0.368 e. The highest BCUT2D eigenvalue weighted by atomic mass is 19.1. The Kier molecular flexibility index (Phi) is 4.65. The lowest BCUT2D eigenvalue weighted by Gasteiger charge is -2.36. The first kappa shape index (κ1) is 16.9. The molecule has 0 bridgehead atoms. The summed E-state index contributed by atoms with van der Waals surface area (Å²) in [6.45, 7) is 4.03. The van der Waals surface area contributed by atoms with Crippen molar-refractivity contribution in [3.05, 3.63) is 69.5 Å². The molecule has 1 heterocycles. The van der Waals surface area contributed by atoms with Gasteiger partial charge in [0.2, 0.25) is 0 Å². The summed E-state index contributed by atoms with van der Waals surface area (Å²) in [7, 11) is 0. The number of rotatable bonds is 3. The number of nitro groups is 1. The molecule has 2 aromatic carbocycles. The fraction of sp³-hybridized carbons (Fsp3) is 0.278. The average Bonchev–Trinajstić information content (AvgIpc) is 2.61. The predicted octanol–water partition coefficient (Wildman–Crippen LogP) is 3.00. The van der Waals surface area contributed by atoms with Crippen LogP contribution in [0.5, 0.6) is 0 Å². The zero-order valence-electron chi connectivity index (χ0n) is 13.8. The first-order valence-corrected chi connectivity index (χ1v) is 8.00. The Morgan fingerprint density at radius 1 is 1.08 bits per heavy atom. The molecule has 0 N–H and O–H groups in total. The first-order valence-electron chi connectivity index (χ1n) is 8.00. The van der Waals surface area contributed by atoms with Gasteiger partial charge in [0, 0.05) is 49.1 Å². The van der Waals surface area contributed by atoms with Crippen LogP contribution in [0.15, 0.2) is 42.5 Å².